The maximum Gasteiger partial charge on any atom is 0.161 e. The van der Waals surface area contributed by atoms with E-state index in [0.717, 1.165) is 19.3 Å². The maximum absolute atomic E-state index is 9.64. The molecule has 1 aliphatic rings. The third-order valence-electron chi connectivity index (χ3n) is 3.70. The Balaban J connectivity index is 2.63. The number of hydrogen-bond donors (Lipinski definition) is 1. The van der Waals surface area contributed by atoms with Crippen molar-refractivity contribution in [3.8, 4) is 0 Å². The van der Waals surface area contributed by atoms with Gasteiger partial charge >= 0.3 is 0 Å². The van der Waals surface area contributed by atoms with Gasteiger partial charge in [-0.1, -0.05) is 26.9 Å². The van der Waals surface area contributed by atoms with Gasteiger partial charge in [-0.2, -0.15) is 0 Å². The van der Waals surface area contributed by atoms with Gasteiger partial charge in [-0.25, -0.2) is 0 Å². The third-order valence-corrected chi connectivity index (χ3v) is 4.97. The van der Waals surface area contributed by atoms with Gasteiger partial charge in [0.05, 0.1) is 6.10 Å². The van der Waals surface area contributed by atoms with E-state index >= 15 is 0 Å². The first-order chi connectivity index (χ1) is 7.52. The first-order valence-electron chi connectivity index (χ1n) is 6.43. The third kappa shape index (κ3) is 3.40. The molecule has 0 bridgehead atoms. The molecule has 2 unspecified atom stereocenters. The smallest absolute Gasteiger partial charge is 0.161 e. The average Bonchev–Trinajstić information content (AvgIpc) is 2.65. The van der Waals surface area contributed by atoms with Crippen LogP contribution in [0.15, 0.2) is 0 Å². The van der Waals surface area contributed by atoms with Gasteiger partial charge in [-0.05, 0) is 25.2 Å². The number of hydrogen-bond acceptors (Lipinski definition) is 3. The predicted octanol–water partition coefficient (Wildman–Crippen LogP) is 0.797. The molecule has 0 radical (unpaired) electrons. The summed E-state index contributed by atoms with van der Waals surface area (Å²) >= 11 is 0. The highest BCUT2D eigenvalue weighted by atomic mass is 28.2. The molecule has 1 aliphatic carbocycles. The first-order valence-corrected chi connectivity index (χ1v) is 10.4. The minimum atomic E-state index is -0.439. The summed E-state index contributed by atoms with van der Waals surface area (Å²) < 4.78 is 11.7. The lowest BCUT2D eigenvalue weighted by molar-refractivity contribution is -0.105. The summed E-state index contributed by atoms with van der Waals surface area (Å²) in [5.41, 5.74) is 0.0451. The van der Waals surface area contributed by atoms with Crippen LogP contribution in [-0.4, -0.2) is 37.0 Å². The van der Waals surface area contributed by atoms with E-state index in [1.165, 1.54) is 0 Å². The second-order valence-corrected chi connectivity index (χ2v) is 7.05. The van der Waals surface area contributed by atoms with E-state index in [-0.39, 0.29) is 17.8 Å². The summed E-state index contributed by atoms with van der Waals surface area (Å²) in [5.74, 6) is 0.536. The second kappa shape index (κ2) is 6.30. The molecular formula is C11H26O3Si2. The summed E-state index contributed by atoms with van der Waals surface area (Å²) in [4.78, 5) is 0. The molecule has 96 valence electrons. The summed E-state index contributed by atoms with van der Waals surface area (Å²) in [6.45, 7) is 8.75. The van der Waals surface area contributed by atoms with Crippen LogP contribution in [0.3, 0.4) is 0 Å². The zero-order chi connectivity index (χ0) is 12.2. The van der Waals surface area contributed by atoms with Crippen molar-refractivity contribution in [2.75, 3.05) is 0 Å². The van der Waals surface area contributed by atoms with Crippen LogP contribution in [0.25, 0.3) is 0 Å². The first kappa shape index (κ1) is 14.4. The molecule has 0 aromatic carbocycles. The van der Waals surface area contributed by atoms with Crippen molar-refractivity contribution in [1.82, 2.24) is 0 Å². The minimum absolute atomic E-state index is 0.0314. The van der Waals surface area contributed by atoms with Gasteiger partial charge in [0.15, 0.2) is 19.5 Å². The lowest BCUT2D eigenvalue weighted by atomic mass is 9.77. The Kier molecular flexibility index (Phi) is 5.66. The van der Waals surface area contributed by atoms with Crippen molar-refractivity contribution >= 4 is 19.5 Å². The number of aliphatic hydroxyl groups excluding tert-OH is 1. The molecule has 0 aromatic heterocycles. The van der Waals surface area contributed by atoms with Crippen molar-refractivity contribution in [3.63, 3.8) is 0 Å². The molecule has 5 heteroatoms. The van der Waals surface area contributed by atoms with E-state index in [4.69, 9.17) is 8.85 Å². The van der Waals surface area contributed by atoms with E-state index in [1.54, 1.807) is 0 Å². The van der Waals surface area contributed by atoms with Gasteiger partial charge in [0.25, 0.3) is 0 Å². The summed E-state index contributed by atoms with van der Waals surface area (Å²) in [6, 6.07) is 0. The van der Waals surface area contributed by atoms with Crippen molar-refractivity contribution in [3.05, 3.63) is 0 Å². The normalized spacial score (nSPS) is 29.8. The fraction of sp³-hybridized carbons (Fsp3) is 1.00. The molecule has 1 rings (SSSR count). The van der Waals surface area contributed by atoms with E-state index in [0.29, 0.717) is 5.92 Å². The van der Waals surface area contributed by atoms with Gasteiger partial charge in [0.1, 0.15) is 6.29 Å². The molecule has 0 saturated heterocycles. The Morgan fingerprint density at radius 1 is 1.19 bits per heavy atom. The molecular weight excluding hydrogens is 236 g/mol. The molecule has 1 N–H and O–H groups in total. The van der Waals surface area contributed by atoms with Crippen molar-refractivity contribution in [1.29, 1.82) is 0 Å². The van der Waals surface area contributed by atoms with E-state index in [9.17, 15) is 5.11 Å². The summed E-state index contributed by atoms with van der Waals surface area (Å²) in [5, 5.41) is 9.64. The highest BCUT2D eigenvalue weighted by Gasteiger charge is 2.41. The van der Waals surface area contributed by atoms with Crippen LogP contribution in [-0.2, 0) is 8.85 Å². The molecule has 1 fully saturated rings. The zero-order valence-corrected chi connectivity index (χ0v) is 13.9. The lowest BCUT2D eigenvalue weighted by Gasteiger charge is -2.39. The van der Waals surface area contributed by atoms with Crippen LogP contribution >= 0.6 is 0 Å². The minimum Gasteiger partial charge on any atom is -0.400 e. The molecule has 0 aliphatic heterocycles. The number of aliphatic hydroxyl groups is 1. The standard InChI is InChI=1S/C11H26O3Si2/c1-11(2,8-5-6-9(12)7-8)10(13-15-3)14-16-4/h8-10,12H,5-7,15-16H2,1-4H3. The molecule has 1 saturated carbocycles. The highest BCUT2D eigenvalue weighted by molar-refractivity contribution is 6.26. The lowest BCUT2D eigenvalue weighted by Crippen LogP contribution is -2.41. The van der Waals surface area contributed by atoms with Crippen LogP contribution in [0.4, 0.5) is 0 Å². The molecule has 0 amide bonds. The Hall–Kier alpha value is 0.314. The Morgan fingerprint density at radius 2 is 1.75 bits per heavy atom. The van der Waals surface area contributed by atoms with Crippen molar-refractivity contribution in [2.45, 2.75) is 58.6 Å². The van der Waals surface area contributed by atoms with Crippen molar-refractivity contribution in [2.24, 2.45) is 11.3 Å². The fourth-order valence-corrected chi connectivity index (χ4v) is 4.46. The maximum atomic E-state index is 9.64. The topological polar surface area (TPSA) is 38.7 Å². The molecule has 0 aromatic rings. The van der Waals surface area contributed by atoms with Gasteiger partial charge in [-0.3, -0.25) is 0 Å². The molecule has 3 nitrogen and oxygen atoms in total. The molecule has 2 atom stereocenters. The SMILES string of the molecule is C[SiH2]OC(O[SiH2]C)C(C)(C)C1CCC(O)C1. The van der Waals surface area contributed by atoms with Crippen LogP contribution in [0, 0.1) is 11.3 Å². The molecule has 0 spiro atoms. The summed E-state index contributed by atoms with van der Waals surface area (Å²) in [6.07, 6.45) is 2.81. The average molecular weight is 262 g/mol. The Bertz CT molecular complexity index is 205. The highest BCUT2D eigenvalue weighted by Crippen LogP contribution is 2.43. The van der Waals surface area contributed by atoms with Gasteiger partial charge < -0.3 is 14.0 Å². The molecule has 0 heterocycles. The summed E-state index contributed by atoms with van der Waals surface area (Å²) in [7, 11) is -0.878. The van der Waals surface area contributed by atoms with Crippen LogP contribution in [0.1, 0.15) is 33.1 Å². The predicted molar refractivity (Wildman–Crippen MR) is 71.9 cm³/mol. The van der Waals surface area contributed by atoms with E-state index in [1.807, 2.05) is 0 Å². The molecule has 16 heavy (non-hydrogen) atoms. The van der Waals surface area contributed by atoms with E-state index in [2.05, 4.69) is 26.9 Å². The van der Waals surface area contributed by atoms with Crippen LogP contribution in [0.5, 0.6) is 0 Å². The van der Waals surface area contributed by atoms with Crippen LogP contribution < -0.4 is 0 Å². The Morgan fingerprint density at radius 3 is 2.12 bits per heavy atom. The van der Waals surface area contributed by atoms with Crippen LogP contribution in [0.2, 0.25) is 13.1 Å². The van der Waals surface area contributed by atoms with E-state index < -0.39 is 19.5 Å². The monoisotopic (exact) mass is 262 g/mol. The number of rotatable bonds is 6. The Labute approximate surface area is 104 Å². The largest absolute Gasteiger partial charge is 0.400 e. The fourth-order valence-electron chi connectivity index (χ4n) is 2.61. The van der Waals surface area contributed by atoms with Gasteiger partial charge in [0.2, 0.25) is 0 Å². The van der Waals surface area contributed by atoms with Gasteiger partial charge in [-0.15, -0.1) is 0 Å². The van der Waals surface area contributed by atoms with Gasteiger partial charge in [0, 0.05) is 5.41 Å². The zero-order valence-electron chi connectivity index (χ0n) is 11.0. The van der Waals surface area contributed by atoms with Crippen molar-refractivity contribution < 1.29 is 14.0 Å². The second-order valence-electron chi connectivity index (χ2n) is 5.23. The quantitative estimate of drug-likeness (QED) is 0.568.